The molecule has 1 aromatic rings. The molecule has 3 fully saturated rings. The molecule has 0 radical (unpaired) electrons. The third-order valence-corrected chi connectivity index (χ3v) is 3.67. The van der Waals surface area contributed by atoms with Crippen LogP contribution < -0.4 is 9.64 Å². The molecule has 3 aliphatic rings. The molecular weight excluding hydrogens is 202 g/mol. The summed E-state index contributed by atoms with van der Waals surface area (Å²) < 4.78 is 5.30. The minimum Gasteiger partial charge on any atom is -0.495 e. The number of carbonyl (C=O) groups excluding carboxylic acids is 1. The van der Waals surface area contributed by atoms with Gasteiger partial charge in [0.1, 0.15) is 5.75 Å². The van der Waals surface area contributed by atoms with Gasteiger partial charge in [0.05, 0.1) is 12.8 Å². The highest BCUT2D eigenvalue weighted by atomic mass is 16.5. The Labute approximate surface area is 95.0 Å². The van der Waals surface area contributed by atoms with E-state index in [2.05, 4.69) is 0 Å². The number of nitrogens with zero attached hydrogens (tertiary/aromatic N) is 1. The van der Waals surface area contributed by atoms with E-state index in [1.807, 2.05) is 29.2 Å². The summed E-state index contributed by atoms with van der Waals surface area (Å²) in [4.78, 5) is 14.0. The largest absolute Gasteiger partial charge is 0.495 e. The van der Waals surface area contributed by atoms with E-state index in [0.29, 0.717) is 5.92 Å². The Hall–Kier alpha value is -1.51. The van der Waals surface area contributed by atoms with Crippen LogP contribution in [-0.4, -0.2) is 19.6 Å². The van der Waals surface area contributed by atoms with Crippen molar-refractivity contribution in [1.29, 1.82) is 0 Å². The molecule has 1 saturated carbocycles. The highest BCUT2D eigenvalue weighted by molar-refractivity contribution is 5.98. The Morgan fingerprint density at radius 2 is 2.06 bits per heavy atom. The number of hydrogen-bond donors (Lipinski definition) is 0. The van der Waals surface area contributed by atoms with Gasteiger partial charge in [-0.1, -0.05) is 12.1 Å². The van der Waals surface area contributed by atoms with Gasteiger partial charge in [-0.15, -0.1) is 0 Å². The van der Waals surface area contributed by atoms with E-state index in [1.165, 1.54) is 0 Å². The summed E-state index contributed by atoms with van der Waals surface area (Å²) >= 11 is 0. The molecule has 2 saturated heterocycles. The zero-order chi connectivity index (χ0) is 11.1. The first-order chi connectivity index (χ1) is 7.79. The van der Waals surface area contributed by atoms with Crippen molar-refractivity contribution in [2.24, 2.45) is 11.8 Å². The monoisotopic (exact) mass is 217 g/mol. The normalized spacial score (nSPS) is 27.6. The number of hydrogen-bond acceptors (Lipinski definition) is 2. The number of para-hydroxylation sites is 2. The van der Waals surface area contributed by atoms with Crippen LogP contribution in [0.5, 0.6) is 5.75 Å². The van der Waals surface area contributed by atoms with E-state index in [4.69, 9.17) is 4.74 Å². The first-order valence-corrected chi connectivity index (χ1v) is 5.74. The quantitative estimate of drug-likeness (QED) is 0.759. The van der Waals surface area contributed by atoms with Crippen LogP contribution in [-0.2, 0) is 4.79 Å². The number of anilines is 1. The summed E-state index contributed by atoms with van der Waals surface area (Å²) in [6.07, 6.45) is 2.18. The maximum atomic E-state index is 12.1. The molecule has 1 aromatic carbocycles. The summed E-state index contributed by atoms with van der Waals surface area (Å²) in [6, 6.07) is 7.74. The third kappa shape index (κ3) is 1.31. The lowest BCUT2D eigenvalue weighted by Gasteiger charge is -2.46. The number of piperidine rings is 2. The highest BCUT2D eigenvalue weighted by Gasteiger charge is 2.44. The molecule has 84 valence electrons. The molecule has 4 rings (SSSR count). The molecule has 3 nitrogen and oxygen atoms in total. The molecule has 1 aliphatic carbocycles. The molecule has 0 N–H and O–H groups in total. The van der Waals surface area contributed by atoms with Crippen molar-refractivity contribution < 1.29 is 9.53 Å². The number of benzene rings is 1. The Bertz CT molecular complexity index is 424. The number of rotatable bonds is 2. The number of carbonyl (C=O) groups is 1. The molecule has 2 aliphatic heterocycles. The van der Waals surface area contributed by atoms with E-state index in [1.54, 1.807) is 7.11 Å². The molecular formula is C13H15NO2. The number of ether oxygens (including phenoxy) is 1. The van der Waals surface area contributed by atoms with Crippen LogP contribution in [0.1, 0.15) is 12.8 Å². The molecule has 0 aromatic heterocycles. The zero-order valence-corrected chi connectivity index (χ0v) is 9.35. The fourth-order valence-electron chi connectivity index (χ4n) is 2.72. The van der Waals surface area contributed by atoms with Crippen LogP contribution in [0.3, 0.4) is 0 Å². The van der Waals surface area contributed by atoms with E-state index in [9.17, 15) is 4.79 Å². The summed E-state index contributed by atoms with van der Waals surface area (Å²) in [7, 11) is 1.65. The lowest BCUT2D eigenvalue weighted by atomic mass is 9.70. The van der Waals surface area contributed by atoms with Crippen molar-refractivity contribution in [3.05, 3.63) is 24.3 Å². The molecule has 0 spiro atoms. The molecule has 16 heavy (non-hydrogen) atoms. The van der Waals surface area contributed by atoms with Gasteiger partial charge < -0.3 is 9.64 Å². The number of fused-ring (bicyclic) bond motifs is 2. The third-order valence-electron chi connectivity index (χ3n) is 3.67. The van der Waals surface area contributed by atoms with Crippen LogP contribution in [0.15, 0.2) is 24.3 Å². The smallest absolute Gasteiger partial charge is 0.230 e. The van der Waals surface area contributed by atoms with Gasteiger partial charge in [-0.2, -0.15) is 0 Å². The predicted octanol–water partition coefficient (Wildman–Crippen LogP) is 2.07. The average molecular weight is 217 g/mol. The SMILES string of the molecule is COc1ccccc1N1CC2CC(C2)C1=O. The van der Waals surface area contributed by atoms with Gasteiger partial charge in [-0.3, -0.25) is 4.79 Å². The topological polar surface area (TPSA) is 29.5 Å². The zero-order valence-electron chi connectivity index (χ0n) is 9.35. The second-order valence-electron chi connectivity index (χ2n) is 4.66. The standard InChI is InChI=1S/C13H15NO2/c1-16-12-5-3-2-4-11(12)14-8-9-6-10(7-9)13(14)15/h2-5,9-10H,6-8H2,1H3. The van der Waals surface area contributed by atoms with Gasteiger partial charge >= 0.3 is 0 Å². The van der Waals surface area contributed by atoms with Crippen LogP contribution in [0.4, 0.5) is 5.69 Å². The Balaban J connectivity index is 1.94. The lowest BCUT2D eigenvalue weighted by molar-refractivity contribution is -0.129. The summed E-state index contributed by atoms with van der Waals surface area (Å²) in [5.74, 6) is 2.03. The summed E-state index contributed by atoms with van der Waals surface area (Å²) in [5.41, 5.74) is 0.921. The molecule has 0 atom stereocenters. The second kappa shape index (κ2) is 3.51. The van der Waals surface area contributed by atoms with E-state index in [-0.39, 0.29) is 11.8 Å². The maximum absolute atomic E-state index is 12.1. The molecule has 3 heteroatoms. The van der Waals surface area contributed by atoms with Crippen molar-refractivity contribution in [1.82, 2.24) is 0 Å². The predicted molar refractivity (Wildman–Crippen MR) is 61.6 cm³/mol. The average Bonchev–Trinajstić information content (AvgIpc) is 2.28. The minimum absolute atomic E-state index is 0.267. The Kier molecular flexibility index (Phi) is 2.13. The summed E-state index contributed by atoms with van der Waals surface area (Å²) in [5, 5.41) is 0. The van der Waals surface area contributed by atoms with Crippen molar-refractivity contribution >= 4 is 11.6 Å². The fraction of sp³-hybridized carbons (Fsp3) is 0.462. The number of methoxy groups -OCH3 is 1. The van der Waals surface area contributed by atoms with Crippen LogP contribution in [0.25, 0.3) is 0 Å². The molecule has 2 bridgehead atoms. The van der Waals surface area contributed by atoms with Gasteiger partial charge in [-0.25, -0.2) is 0 Å². The second-order valence-corrected chi connectivity index (χ2v) is 4.66. The van der Waals surface area contributed by atoms with E-state index >= 15 is 0 Å². The van der Waals surface area contributed by atoms with Gasteiger partial charge in [-0.05, 0) is 30.9 Å². The number of amides is 1. The highest BCUT2D eigenvalue weighted by Crippen LogP contribution is 2.43. The minimum atomic E-state index is 0.267. The molecule has 2 heterocycles. The van der Waals surface area contributed by atoms with Crippen molar-refractivity contribution in [3.63, 3.8) is 0 Å². The van der Waals surface area contributed by atoms with Crippen molar-refractivity contribution in [2.45, 2.75) is 12.8 Å². The van der Waals surface area contributed by atoms with E-state index in [0.717, 1.165) is 30.8 Å². The van der Waals surface area contributed by atoms with Crippen LogP contribution in [0.2, 0.25) is 0 Å². The summed E-state index contributed by atoms with van der Waals surface area (Å²) in [6.45, 7) is 0.857. The Morgan fingerprint density at radius 3 is 2.75 bits per heavy atom. The Morgan fingerprint density at radius 1 is 1.31 bits per heavy atom. The molecule has 1 amide bonds. The lowest BCUT2D eigenvalue weighted by Crippen LogP contribution is -2.53. The first-order valence-electron chi connectivity index (χ1n) is 5.74. The van der Waals surface area contributed by atoms with Crippen LogP contribution >= 0.6 is 0 Å². The van der Waals surface area contributed by atoms with Gasteiger partial charge in [0.25, 0.3) is 0 Å². The van der Waals surface area contributed by atoms with Crippen molar-refractivity contribution in [3.8, 4) is 5.75 Å². The fourth-order valence-corrected chi connectivity index (χ4v) is 2.72. The maximum Gasteiger partial charge on any atom is 0.230 e. The first kappa shape index (κ1) is 9.70. The van der Waals surface area contributed by atoms with Gasteiger partial charge in [0, 0.05) is 12.5 Å². The van der Waals surface area contributed by atoms with Gasteiger partial charge in [0.15, 0.2) is 0 Å². The van der Waals surface area contributed by atoms with Crippen LogP contribution in [0, 0.1) is 11.8 Å². The molecule has 0 unspecified atom stereocenters. The van der Waals surface area contributed by atoms with E-state index < -0.39 is 0 Å². The van der Waals surface area contributed by atoms with Crippen molar-refractivity contribution in [2.75, 3.05) is 18.6 Å². The van der Waals surface area contributed by atoms with Gasteiger partial charge in [0.2, 0.25) is 5.91 Å².